The van der Waals surface area contributed by atoms with Gasteiger partial charge in [-0.25, -0.2) is 4.98 Å². The molecule has 0 fully saturated rings. The summed E-state index contributed by atoms with van der Waals surface area (Å²) in [7, 11) is 1.81. The van der Waals surface area contributed by atoms with Gasteiger partial charge in [0, 0.05) is 4.47 Å². The Kier molecular flexibility index (Phi) is 3.07. The molecule has 0 amide bonds. The van der Waals surface area contributed by atoms with Gasteiger partial charge in [0.2, 0.25) is 0 Å². The van der Waals surface area contributed by atoms with Gasteiger partial charge in [-0.15, -0.1) is 0 Å². The zero-order chi connectivity index (χ0) is 11.7. The molecule has 1 aromatic heterocycles. The number of para-hydroxylation sites is 1. The third-order valence-electron chi connectivity index (χ3n) is 2.60. The summed E-state index contributed by atoms with van der Waals surface area (Å²) in [5, 5.41) is 3.64. The molecule has 2 aromatic rings. The first-order chi connectivity index (χ1) is 7.65. The van der Waals surface area contributed by atoms with Crippen LogP contribution < -0.4 is 10.9 Å². The summed E-state index contributed by atoms with van der Waals surface area (Å²) >= 11 is 3.38. The molecular formula is C11H12BrN3O. The molecule has 0 radical (unpaired) electrons. The highest BCUT2D eigenvalue weighted by Gasteiger charge is 2.09. The lowest BCUT2D eigenvalue weighted by Crippen LogP contribution is -2.30. The summed E-state index contributed by atoms with van der Waals surface area (Å²) in [4.78, 5) is 16.4. The SMILES string of the molecule is CNC(C)n1cnc2c(Br)cccc2c1=O. The van der Waals surface area contributed by atoms with Crippen LogP contribution in [0.1, 0.15) is 13.1 Å². The Morgan fingerprint density at radius 3 is 2.94 bits per heavy atom. The maximum atomic E-state index is 12.1. The average Bonchev–Trinajstić information content (AvgIpc) is 2.30. The van der Waals surface area contributed by atoms with Crippen LogP contribution in [0.25, 0.3) is 10.9 Å². The van der Waals surface area contributed by atoms with Crippen molar-refractivity contribution in [1.82, 2.24) is 14.9 Å². The highest BCUT2D eigenvalue weighted by Crippen LogP contribution is 2.18. The summed E-state index contributed by atoms with van der Waals surface area (Å²) in [6.07, 6.45) is 1.50. The van der Waals surface area contributed by atoms with Crippen LogP contribution in [0.4, 0.5) is 0 Å². The molecule has 5 heteroatoms. The first-order valence-electron chi connectivity index (χ1n) is 4.97. The van der Waals surface area contributed by atoms with E-state index in [9.17, 15) is 4.79 Å². The van der Waals surface area contributed by atoms with E-state index in [2.05, 4.69) is 26.2 Å². The van der Waals surface area contributed by atoms with E-state index in [1.165, 1.54) is 0 Å². The second kappa shape index (κ2) is 4.35. The molecule has 0 aliphatic rings. The smallest absolute Gasteiger partial charge is 0.262 e. The molecule has 1 heterocycles. The van der Waals surface area contributed by atoms with Crippen LogP contribution in [-0.2, 0) is 0 Å². The van der Waals surface area contributed by atoms with Gasteiger partial charge < -0.3 is 5.32 Å². The molecule has 0 bridgehead atoms. The normalized spacial score (nSPS) is 12.9. The van der Waals surface area contributed by atoms with Crippen molar-refractivity contribution in [3.05, 3.63) is 39.4 Å². The third kappa shape index (κ3) is 1.76. The van der Waals surface area contributed by atoms with E-state index in [0.717, 1.165) is 4.47 Å². The maximum Gasteiger partial charge on any atom is 0.262 e. The molecule has 0 saturated heterocycles. The summed E-state index contributed by atoms with van der Waals surface area (Å²) in [5.74, 6) is 0. The van der Waals surface area contributed by atoms with Crippen molar-refractivity contribution in [1.29, 1.82) is 0 Å². The fourth-order valence-electron chi connectivity index (χ4n) is 1.55. The minimum absolute atomic E-state index is 0.0341. The van der Waals surface area contributed by atoms with Crippen LogP contribution in [-0.4, -0.2) is 16.6 Å². The second-order valence-electron chi connectivity index (χ2n) is 3.56. The van der Waals surface area contributed by atoms with Crippen molar-refractivity contribution in [2.75, 3.05) is 7.05 Å². The van der Waals surface area contributed by atoms with Gasteiger partial charge >= 0.3 is 0 Å². The minimum atomic E-state index is -0.0663. The van der Waals surface area contributed by atoms with Crippen molar-refractivity contribution in [2.24, 2.45) is 0 Å². The Morgan fingerprint density at radius 1 is 1.50 bits per heavy atom. The van der Waals surface area contributed by atoms with E-state index in [4.69, 9.17) is 0 Å². The quantitative estimate of drug-likeness (QED) is 0.915. The lowest BCUT2D eigenvalue weighted by Gasteiger charge is -2.14. The van der Waals surface area contributed by atoms with Crippen LogP contribution in [0.15, 0.2) is 33.8 Å². The van der Waals surface area contributed by atoms with Crippen LogP contribution in [0.2, 0.25) is 0 Å². The van der Waals surface area contributed by atoms with E-state index in [1.54, 1.807) is 17.0 Å². The highest BCUT2D eigenvalue weighted by molar-refractivity contribution is 9.10. The number of hydrogen-bond acceptors (Lipinski definition) is 3. The number of nitrogens with zero attached hydrogens (tertiary/aromatic N) is 2. The summed E-state index contributed by atoms with van der Waals surface area (Å²) in [5.41, 5.74) is 0.667. The lowest BCUT2D eigenvalue weighted by atomic mass is 10.2. The van der Waals surface area contributed by atoms with Crippen molar-refractivity contribution >= 4 is 26.8 Å². The van der Waals surface area contributed by atoms with Crippen molar-refractivity contribution in [3.8, 4) is 0 Å². The van der Waals surface area contributed by atoms with E-state index in [-0.39, 0.29) is 11.7 Å². The zero-order valence-corrected chi connectivity index (χ0v) is 10.7. The number of fused-ring (bicyclic) bond motifs is 1. The first kappa shape index (κ1) is 11.3. The van der Waals surface area contributed by atoms with Gasteiger partial charge in [0.05, 0.1) is 23.4 Å². The van der Waals surface area contributed by atoms with Gasteiger partial charge in [0.1, 0.15) is 0 Å². The Hall–Kier alpha value is -1.20. The van der Waals surface area contributed by atoms with Gasteiger partial charge in [0.15, 0.2) is 0 Å². The summed E-state index contributed by atoms with van der Waals surface area (Å²) in [6.45, 7) is 1.91. The number of halogens is 1. The van der Waals surface area contributed by atoms with Crippen molar-refractivity contribution in [3.63, 3.8) is 0 Å². The van der Waals surface area contributed by atoms with Gasteiger partial charge in [-0.3, -0.25) is 9.36 Å². The Morgan fingerprint density at radius 2 is 2.25 bits per heavy atom. The van der Waals surface area contributed by atoms with Gasteiger partial charge in [-0.05, 0) is 42.0 Å². The first-order valence-corrected chi connectivity index (χ1v) is 5.77. The average molecular weight is 282 g/mol. The van der Waals surface area contributed by atoms with Crippen molar-refractivity contribution in [2.45, 2.75) is 13.1 Å². The Bertz CT molecular complexity index is 579. The van der Waals surface area contributed by atoms with Crippen LogP contribution in [0.3, 0.4) is 0 Å². The molecule has 1 unspecified atom stereocenters. The summed E-state index contributed by atoms with van der Waals surface area (Å²) < 4.78 is 2.42. The van der Waals surface area contributed by atoms with Crippen LogP contribution in [0, 0.1) is 0 Å². The van der Waals surface area contributed by atoms with Gasteiger partial charge in [0.25, 0.3) is 5.56 Å². The molecule has 0 spiro atoms. The molecule has 1 aromatic carbocycles. The lowest BCUT2D eigenvalue weighted by molar-refractivity contribution is 0.460. The maximum absolute atomic E-state index is 12.1. The molecule has 84 valence electrons. The van der Waals surface area contributed by atoms with E-state index >= 15 is 0 Å². The largest absolute Gasteiger partial charge is 0.300 e. The van der Waals surface area contributed by atoms with Gasteiger partial charge in [-0.2, -0.15) is 0 Å². The molecule has 2 rings (SSSR count). The Balaban J connectivity index is 2.76. The number of aromatic nitrogens is 2. The fourth-order valence-corrected chi connectivity index (χ4v) is 2.01. The van der Waals surface area contributed by atoms with E-state index in [1.807, 2.05) is 26.1 Å². The molecule has 1 atom stereocenters. The number of nitrogens with one attached hydrogen (secondary N) is 1. The Labute approximate surface area is 101 Å². The standard InChI is InChI=1S/C11H12BrN3O/c1-7(13-2)15-6-14-10-8(11(15)16)4-3-5-9(10)12/h3-7,13H,1-2H3. The third-order valence-corrected chi connectivity index (χ3v) is 3.24. The topological polar surface area (TPSA) is 46.9 Å². The predicted octanol–water partition coefficient (Wildman–Crippen LogP) is 1.90. The van der Waals surface area contributed by atoms with E-state index in [0.29, 0.717) is 10.9 Å². The molecular weight excluding hydrogens is 270 g/mol. The van der Waals surface area contributed by atoms with Crippen molar-refractivity contribution < 1.29 is 0 Å². The second-order valence-corrected chi connectivity index (χ2v) is 4.41. The van der Waals surface area contributed by atoms with Gasteiger partial charge in [-0.1, -0.05) is 6.07 Å². The number of benzene rings is 1. The molecule has 0 aliphatic heterocycles. The number of hydrogen-bond donors (Lipinski definition) is 1. The molecule has 16 heavy (non-hydrogen) atoms. The monoisotopic (exact) mass is 281 g/mol. The number of rotatable bonds is 2. The zero-order valence-electron chi connectivity index (χ0n) is 9.07. The minimum Gasteiger partial charge on any atom is -0.300 e. The highest BCUT2D eigenvalue weighted by atomic mass is 79.9. The summed E-state index contributed by atoms with van der Waals surface area (Å²) in [6, 6.07) is 5.50. The molecule has 0 saturated carbocycles. The molecule has 1 N–H and O–H groups in total. The van der Waals surface area contributed by atoms with Crippen LogP contribution in [0.5, 0.6) is 0 Å². The molecule has 0 aliphatic carbocycles. The predicted molar refractivity (Wildman–Crippen MR) is 67.5 cm³/mol. The molecule has 4 nitrogen and oxygen atoms in total. The fraction of sp³-hybridized carbons (Fsp3) is 0.273. The van der Waals surface area contributed by atoms with Crippen LogP contribution >= 0.6 is 15.9 Å². The van der Waals surface area contributed by atoms with E-state index < -0.39 is 0 Å².